The van der Waals surface area contributed by atoms with Crippen LogP contribution in [0.3, 0.4) is 0 Å². The number of aromatic hydroxyl groups is 1. The van der Waals surface area contributed by atoms with Crippen LogP contribution in [-0.4, -0.2) is 23.1 Å². The van der Waals surface area contributed by atoms with E-state index < -0.39 is 0 Å². The van der Waals surface area contributed by atoms with Gasteiger partial charge < -0.3 is 5.11 Å². The highest BCUT2D eigenvalue weighted by Gasteiger charge is 2.27. The minimum absolute atomic E-state index is 0.0829. The second-order valence-electron chi connectivity index (χ2n) is 6.77. The monoisotopic (exact) mass is 395 g/mol. The summed E-state index contributed by atoms with van der Waals surface area (Å²) < 4.78 is 1.08. The van der Waals surface area contributed by atoms with Gasteiger partial charge in [-0.2, -0.15) is 0 Å². The molecule has 1 heterocycles. The topological polar surface area (TPSA) is 23.5 Å². The standard InChI is InChI=1S/C22H22BrNO/c23-18-11-8-17(9-12-18)22(24-14-4-1-5-15-24)21-19-7-3-2-6-16(19)10-13-20(21)25/h2-3,6-13,22,25H,1,4-5,14-15H2/t22-/m0/s1. The summed E-state index contributed by atoms with van der Waals surface area (Å²) in [6.07, 6.45) is 3.74. The highest BCUT2D eigenvalue weighted by Crippen LogP contribution is 2.40. The fraction of sp³-hybridized carbons (Fsp3) is 0.273. The lowest BCUT2D eigenvalue weighted by atomic mass is 9.90. The Labute approximate surface area is 157 Å². The van der Waals surface area contributed by atoms with Crippen LogP contribution in [0.1, 0.15) is 36.4 Å². The van der Waals surface area contributed by atoms with E-state index in [-0.39, 0.29) is 6.04 Å². The molecule has 128 valence electrons. The lowest BCUT2D eigenvalue weighted by Gasteiger charge is -2.36. The molecule has 3 aromatic rings. The molecule has 1 saturated heterocycles. The van der Waals surface area contributed by atoms with E-state index in [4.69, 9.17) is 0 Å². The number of likely N-dealkylation sites (tertiary alicyclic amines) is 1. The minimum Gasteiger partial charge on any atom is -0.508 e. The van der Waals surface area contributed by atoms with Crippen LogP contribution in [0.5, 0.6) is 5.75 Å². The number of phenols is 1. The molecule has 0 bridgehead atoms. The van der Waals surface area contributed by atoms with Crippen molar-refractivity contribution >= 4 is 26.7 Å². The molecule has 3 aromatic carbocycles. The smallest absolute Gasteiger partial charge is 0.121 e. The Morgan fingerprint density at radius 3 is 2.32 bits per heavy atom. The fourth-order valence-corrected chi connectivity index (χ4v) is 4.22. The highest BCUT2D eigenvalue weighted by molar-refractivity contribution is 9.10. The molecule has 0 saturated carbocycles. The number of halogens is 1. The van der Waals surface area contributed by atoms with Gasteiger partial charge in [-0.3, -0.25) is 4.90 Å². The molecule has 0 aliphatic carbocycles. The van der Waals surface area contributed by atoms with Crippen molar-refractivity contribution in [3.05, 3.63) is 76.3 Å². The van der Waals surface area contributed by atoms with Gasteiger partial charge in [0, 0.05) is 10.0 Å². The Morgan fingerprint density at radius 2 is 1.56 bits per heavy atom. The molecule has 0 unspecified atom stereocenters. The first-order chi connectivity index (χ1) is 12.2. The third-order valence-corrected chi connectivity index (χ3v) is 5.69. The van der Waals surface area contributed by atoms with Crippen LogP contribution < -0.4 is 0 Å². The molecule has 0 amide bonds. The van der Waals surface area contributed by atoms with E-state index in [9.17, 15) is 5.11 Å². The van der Waals surface area contributed by atoms with Crippen LogP contribution in [0.15, 0.2) is 65.1 Å². The molecule has 1 aliphatic heterocycles. The maximum atomic E-state index is 10.8. The molecule has 4 rings (SSSR count). The Kier molecular flexibility index (Phi) is 4.78. The van der Waals surface area contributed by atoms with Crippen LogP contribution >= 0.6 is 15.9 Å². The van der Waals surface area contributed by atoms with Crippen molar-refractivity contribution < 1.29 is 5.11 Å². The summed E-state index contributed by atoms with van der Waals surface area (Å²) >= 11 is 3.54. The van der Waals surface area contributed by atoms with Crippen LogP contribution in [0.2, 0.25) is 0 Å². The fourth-order valence-electron chi connectivity index (χ4n) is 3.95. The first kappa shape index (κ1) is 16.6. The zero-order chi connectivity index (χ0) is 17.2. The number of rotatable bonds is 3. The van der Waals surface area contributed by atoms with Gasteiger partial charge in [0.05, 0.1) is 6.04 Å². The number of phenolic OH excluding ortho intramolecular Hbond substituents is 1. The summed E-state index contributed by atoms with van der Waals surface area (Å²) in [5, 5.41) is 13.1. The molecule has 0 spiro atoms. The number of hydrogen-bond donors (Lipinski definition) is 1. The lowest BCUT2D eigenvalue weighted by molar-refractivity contribution is 0.186. The van der Waals surface area contributed by atoms with Gasteiger partial charge in [0.2, 0.25) is 0 Å². The average Bonchev–Trinajstić information content (AvgIpc) is 2.66. The first-order valence-corrected chi connectivity index (χ1v) is 9.73. The van der Waals surface area contributed by atoms with Gasteiger partial charge in [0.25, 0.3) is 0 Å². The quantitative estimate of drug-likeness (QED) is 0.597. The molecular weight excluding hydrogens is 374 g/mol. The van der Waals surface area contributed by atoms with E-state index in [1.165, 1.54) is 30.2 Å². The van der Waals surface area contributed by atoms with Gasteiger partial charge in [0.15, 0.2) is 0 Å². The number of benzene rings is 3. The highest BCUT2D eigenvalue weighted by atomic mass is 79.9. The summed E-state index contributed by atoms with van der Waals surface area (Å²) in [4.78, 5) is 2.52. The molecule has 3 heteroatoms. The van der Waals surface area contributed by atoms with E-state index in [1.807, 2.05) is 12.1 Å². The van der Waals surface area contributed by atoms with Gasteiger partial charge in [-0.1, -0.05) is 64.8 Å². The SMILES string of the molecule is Oc1ccc2ccccc2c1[C@H](c1ccc(Br)cc1)N1CCCCC1. The van der Waals surface area contributed by atoms with Gasteiger partial charge in [0.1, 0.15) is 5.75 Å². The molecule has 1 N–H and O–H groups in total. The summed E-state index contributed by atoms with van der Waals surface area (Å²) in [7, 11) is 0. The molecule has 2 nitrogen and oxygen atoms in total. The number of fused-ring (bicyclic) bond motifs is 1. The summed E-state index contributed by atoms with van der Waals surface area (Å²) in [6.45, 7) is 2.15. The largest absolute Gasteiger partial charge is 0.508 e. The lowest BCUT2D eigenvalue weighted by Crippen LogP contribution is -2.34. The van der Waals surface area contributed by atoms with Gasteiger partial charge >= 0.3 is 0 Å². The van der Waals surface area contributed by atoms with Gasteiger partial charge in [-0.05, 0) is 60.5 Å². The molecule has 1 aliphatic rings. The number of nitrogens with zero attached hydrogens (tertiary/aromatic N) is 1. The van der Waals surface area contributed by atoms with Crippen molar-refractivity contribution in [2.45, 2.75) is 25.3 Å². The minimum atomic E-state index is 0.0829. The van der Waals surface area contributed by atoms with Gasteiger partial charge in [-0.25, -0.2) is 0 Å². The number of hydrogen-bond acceptors (Lipinski definition) is 2. The number of piperidine rings is 1. The van der Waals surface area contributed by atoms with Crippen molar-refractivity contribution in [1.29, 1.82) is 0 Å². The zero-order valence-corrected chi connectivity index (χ0v) is 15.7. The van der Waals surface area contributed by atoms with Gasteiger partial charge in [-0.15, -0.1) is 0 Å². The summed E-state index contributed by atoms with van der Waals surface area (Å²) in [5.41, 5.74) is 2.26. The first-order valence-electron chi connectivity index (χ1n) is 8.94. The normalized spacial score (nSPS) is 16.8. The van der Waals surface area contributed by atoms with Crippen molar-refractivity contribution in [2.24, 2.45) is 0 Å². The van der Waals surface area contributed by atoms with Crippen LogP contribution in [0.25, 0.3) is 10.8 Å². The Balaban J connectivity index is 1.91. The Morgan fingerprint density at radius 1 is 0.840 bits per heavy atom. The third-order valence-electron chi connectivity index (χ3n) is 5.16. The van der Waals surface area contributed by atoms with E-state index in [0.29, 0.717) is 5.75 Å². The van der Waals surface area contributed by atoms with Crippen molar-refractivity contribution in [1.82, 2.24) is 4.90 Å². The second-order valence-corrected chi connectivity index (χ2v) is 7.69. The van der Waals surface area contributed by atoms with E-state index in [1.54, 1.807) is 0 Å². The average molecular weight is 396 g/mol. The molecule has 0 radical (unpaired) electrons. The van der Waals surface area contributed by atoms with E-state index in [0.717, 1.165) is 28.5 Å². The molecule has 0 aromatic heterocycles. The maximum absolute atomic E-state index is 10.8. The zero-order valence-electron chi connectivity index (χ0n) is 14.2. The van der Waals surface area contributed by atoms with Crippen molar-refractivity contribution in [3.63, 3.8) is 0 Å². The van der Waals surface area contributed by atoms with E-state index in [2.05, 4.69) is 69.4 Å². The second kappa shape index (κ2) is 7.19. The van der Waals surface area contributed by atoms with Crippen molar-refractivity contribution in [3.8, 4) is 5.75 Å². The summed E-state index contributed by atoms with van der Waals surface area (Å²) in [5.74, 6) is 0.386. The Hall–Kier alpha value is -1.84. The molecular formula is C22H22BrNO. The molecule has 25 heavy (non-hydrogen) atoms. The van der Waals surface area contributed by atoms with Crippen LogP contribution in [0.4, 0.5) is 0 Å². The third kappa shape index (κ3) is 3.31. The predicted molar refractivity (Wildman–Crippen MR) is 107 cm³/mol. The molecule has 1 fully saturated rings. The van der Waals surface area contributed by atoms with E-state index >= 15 is 0 Å². The summed E-state index contributed by atoms with van der Waals surface area (Å²) in [6, 6.07) is 20.8. The maximum Gasteiger partial charge on any atom is 0.121 e. The predicted octanol–water partition coefficient (Wildman–Crippen LogP) is 5.88. The van der Waals surface area contributed by atoms with Crippen molar-refractivity contribution in [2.75, 3.05) is 13.1 Å². The van der Waals surface area contributed by atoms with Crippen LogP contribution in [0, 0.1) is 0 Å². The van der Waals surface area contributed by atoms with Crippen LogP contribution in [-0.2, 0) is 0 Å². The molecule has 1 atom stereocenters. The Bertz CT molecular complexity index is 869.